The number of likely N-dealkylation sites (tertiary alicyclic amines) is 1. The molecule has 0 spiro atoms. The van der Waals surface area contributed by atoms with Gasteiger partial charge in [-0.2, -0.15) is 0 Å². The fourth-order valence-corrected chi connectivity index (χ4v) is 3.16. The van der Waals surface area contributed by atoms with Gasteiger partial charge >= 0.3 is 11.8 Å². The van der Waals surface area contributed by atoms with Gasteiger partial charge in [-0.25, -0.2) is 8.78 Å². The van der Waals surface area contributed by atoms with Crippen LogP contribution in [-0.2, 0) is 9.59 Å². The molecule has 1 N–H and O–H groups in total. The summed E-state index contributed by atoms with van der Waals surface area (Å²) in [6.07, 6.45) is 5.75. The Morgan fingerprint density at radius 3 is 2.42 bits per heavy atom. The summed E-state index contributed by atoms with van der Waals surface area (Å²) < 4.78 is 26.4. The number of amides is 2. The molecule has 144 valence electrons. The van der Waals surface area contributed by atoms with Crippen LogP contribution in [0.4, 0.5) is 14.5 Å². The Balaban J connectivity index is 1.81. The Bertz CT molecular complexity index is 617. The molecule has 1 fully saturated rings. The number of rotatable bonds is 6. The molecule has 0 atom stereocenters. The van der Waals surface area contributed by atoms with E-state index >= 15 is 0 Å². The number of nitrogens with zero attached hydrogens (tertiary/aromatic N) is 2. The van der Waals surface area contributed by atoms with Gasteiger partial charge in [-0.1, -0.05) is 12.8 Å². The van der Waals surface area contributed by atoms with Gasteiger partial charge in [0, 0.05) is 24.8 Å². The molecule has 1 aromatic carbocycles. The second-order valence-corrected chi connectivity index (χ2v) is 6.51. The highest BCUT2D eigenvalue weighted by Crippen LogP contribution is 2.18. The second kappa shape index (κ2) is 10.2. The monoisotopic (exact) mass is 367 g/mol. The highest BCUT2D eigenvalue weighted by atomic mass is 19.2. The van der Waals surface area contributed by atoms with Crippen LogP contribution in [0.2, 0.25) is 0 Å². The van der Waals surface area contributed by atoms with Gasteiger partial charge in [-0.15, -0.1) is 0 Å². The highest BCUT2D eigenvalue weighted by molar-refractivity contribution is 6.40. The molecule has 1 heterocycles. The smallest absolute Gasteiger partial charge is 0.316 e. The molecule has 1 saturated heterocycles. The van der Waals surface area contributed by atoms with Crippen LogP contribution in [0.5, 0.6) is 0 Å². The van der Waals surface area contributed by atoms with E-state index in [9.17, 15) is 18.4 Å². The largest absolute Gasteiger partial charge is 0.348 e. The first kappa shape index (κ1) is 20.3. The fraction of sp³-hybridized carbons (Fsp3) is 0.579. The summed E-state index contributed by atoms with van der Waals surface area (Å²) in [6, 6.07) is 3.15. The molecule has 0 unspecified atom stereocenters. The normalized spacial score (nSPS) is 15.3. The molecular formula is C19H27F2N3O2. The summed E-state index contributed by atoms with van der Waals surface area (Å²) in [5.74, 6) is -3.54. The minimum absolute atomic E-state index is 0.163. The molecule has 1 aliphatic heterocycles. The van der Waals surface area contributed by atoms with Crippen LogP contribution >= 0.6 is 0 Å². The van der Waals surface area contributed by atoms with E-state index in [-0.39, 0.29) is 12.2 Å². The van der Waals surface area contributed by atoms with Gasteiger partial charge in [-0.05, 0) is 58.0 Å². The average Bonchev–Trinajstić information content (AvgIpc) is 2.91. The van der Waals surface area contributed by atoms with Gasteiger partial charge < -0.3 is 15.1 Å². The summed E-state index contributed by atoms with van der Waals surface area (Å²) in [5, 5.41) is 2.62. The Morgan fingerprint density at radius 1 is 1.12 bits per heavy atom. The molecule has 1 aromatic rings. The van der Waals surface area contributed by atoms with Gasteiger partial charge in [-0.3, -0.25) is 9.59 Å². The van der Waals surface area contributed by atoms with Crippen LogP contribution in [0.1, 0.15) is 39.0 Å². The minimum Gasteiger partial charge on any atom is -0.348 e. The topological polar surface area (TPSA) is 52.7 Å². The molecule has 26 heavy (non-hydrogen) atoms. The van der Waals surface area contributed by atoms with E-state index in [1.54, 1.807) is 6.92 Å². The zero-order valence-electron chi connectivity index (χ0n) is 15.3. The Kier molecular flexibility index (Phi) is 7.97. The van der Waals surface area contributed by atoms with Crippen molar-refractivity contribution < 1.29 is 18.4 Å². The summed E-state index contributed by atoms with van der Waals surface area (Å²) >= 11 is 0. The van der Waals surface area contributed by atoms with E-state index in [1.165, 1.54) is 31.7 Å². The standard InChI is InChI=1S/C19H27F2N3O2/c1-2-24(15-8-9-16(20)17(21)14-15)19(26)18(25)22-10-7-13-23-11-5-3-4-6-12-23/h8-9,14H,2-7,10-13H2,1H3,(H,22,25). The SMILES string of the molecule is CCN(C(=O)C(=O)NCCCN1CCCCCC1)c1ccc(F)c(F)c1. The predicted octanol–water partition coefficient (Wildman–Crippen LogP) is 2.70. The molecule has 2 rings (SSSR count). The molecule has 0 aliphatic carbocycles. The lowest BCUT2D eigenvalue weighted by Crippen LogP contribution is -2.43. The van der Waals surface area contributed by atoms with Crippen molar-refractivity contribution in [3.8, 4) is 0 Å². The molecule has 7 heteroatoms. The second-order valence-electron chi connectivity index (χ2n) is 6.51. The van der Waals surface area contributed by atoms with E-state index in [0.29, 0.717) is 6.54 Å². The van der Waals surface area contributed by atoms with Crippen LogP contribution in [0.15, 0.2) is 18.2 Å². The maximum absolute atomic E-state index is 13.4. The number of carbonyl (C=O) groups is 2. The summed E-state index contributed by atoms with van der Waals surface area (Å²) in [5.41, 5.74) is 0.163. The molecule has 5 nitrogen and oxygen atoms in total. The lowest BCUT2D eigenvalue weighted by atomic mass is 10.2. The van der Waals surface area contributed by atoms with E-state index in [2.05, 4.69) is 10.2 Å². The minimum atomic E-state index is -1.05. The number of carbonyl (C=O) groups excluding carboxylic acids is 2. The third-order valence-corrected chi connectivity index (χ3v) is 4.61. The predicted molar refractivity (Wildman–Crippen MR) is 96.9 cm³/mol. The fourth-order valence-electron chi connectivity index (χ4n) is 3.16. The van der Waals surface area contributed by atoms with Crippen LogP contribution in [0.25, 0.3) is 0 Å². The number of hydrogen-bond acceptors (Lipinski definition) is 3. The van der Waals surface area contributed by atoms with Gasteiger partial charge in [0.2, 0.25) is 0 Å². The molecule has 2 amide bonds. The van der Waals surface area contributed by atoms with E-state index in [4.69, 9.17) is 0 Å². The zero-order valence-corrected chi connectivity index (χ0v) is 15.3. The van der Waals surface area contributed by atoms with Gasteiger partial charge in [0.25, 0.3) is 0 Å². The first-order chi connectivity index (χ1) is 12.5. The maximum Gasteiger partial charge on any atom is 0.316 e. The van der Waals surface area contributed by atoms with Crippen molar-refractivity contribution in [1.82, 2.24) is 10.2 Å². The van der Waals surface area contributed by atoms with Crippen LogP contribution in [0, 0.1) is 11.6 Å². The molecule has 1 aliphatic rings. The van der Waals surface area contributed by atoms with Crippen LogP contribution < -0.4 is 10.2 Å². The van der Waals surface area contributed by atoms with Crippen molar-refractivity contribution in [3.05, 3.63) is 29.8 Å². The van der Waals surface area contributed by atoms with Crippen LogP contribution in [-0.4, -0.2) is 49.4 Å². The van der Waals surface area contributed by atoms with E-state index < -0.39 is 23.4 Å². The summed E-state index contributed by atoms with van der Waals surface area (Å²) in [4.78, 5) is 27.9. The van der Waals surface area contributed by atoms with Crippen molar-refractivity contribution in [2.24, 2.45) is 0 Å². The van der Waals surface area contributed by atoms with Crippen LogP contribution in [0.3, 0.4) is 0 Å². The van der Waals surface area contributed by atoms with Crippen molar-refractivity contribution in [2.75, 3.05) is 37.6 Å². The van der Waals surface area contributed by atoms with Gasteiger partial charge in [0.15, 0.2) is 11.6 Å². The highest BCUT2D eigenvalue weighted by Gasteiger charge is 2.22. The van der Waals surface area contributed by atoms with E-state index in [1.807, 2.05) is 0 Å². The quantitative estimate of drug-likeness (QED) is 0.621. The number of nitrogens with one attached hydrogen (secondary N) is 1. The maximum atomic E-state index is 13.4. The molecular weight excluding hydrogens is 340 g/mol. The van der Waals surface area contributed by atoms with Crippen molar-refractivity contribution in [1.29, 1.82) is 0 Å². The first-order valence-corrected chi connectivity index (χ1v) is 9.30. The summed E-state index contributed by atoms with van der Waals surface area (Å²) in [7, 11) is 0. The third kappa shape index (κ3) is 5.76. The Morgan fingerprint density at radius 2 is 1.81 bits per heavy atom. The number of likely N-dealkylation sites (N-methyl/N-ethyl adjacent to an activating group) is 1. The van der Waals surface area contributed by atoms with Crippen molar-refractivity contribution in [2.45, 2.75) is 39.0 Å². The first-order valence-electron chi connectivity index (χ1n) is 9.30. The molecule has 0 bridgehead atoms. The molecule has 0 aromatic heterocycles. The van der Waals surface area contributed by atoms with E-state index in [0.717, 1.165) is 43.1 Å². The Hall–Kier alpha value is -2.02. The molecule has 0 radical (unpaired) electrons. The van der Waals surface area contributed by atoms with Crippen molar-refractivity contribution in [3.63, 3.8) is 0 Å². The number of hydrogen-bond donors (Lipinski definition) is 1. The third-order valence-electron chi connectivity index (χ3n) is 4.61. The van der Waals surface area contributed by atoms with Crippen molar-refractivity contribution >= 4 is 17.5 Å². The Labute approximate surface area is 153 Å². The summed E-state index contributed by atoms with van der Waals surface area (Å²) in [6.45, 7) is 5.35. The number of anilines is 1. The van der Waals surface area contributed by atoms with Gasteiger partial charge in [0.05, 0.1) is 0 Å². The molecule has 0 saturated carbocycles. The zero-order chi connectivity index (χ0) is 18.9. The number of halogens is 2. The average molecular weight is 367 g/mol. The lowest BCUT2D eigenvalue weighted by Gasteiger charge is -2.21. The number of benzene rings is 1. The van der Waals surface area contributed by atoms with Gasteiger partial charge in [0.1, 0.15) is 0 Å². The lowest BCUT2D eigenvalue weighted by molar-refractivity contribution is -0.137.